The molecule has 1 aromatic rings. The number of morpholine rings is 1. The van der Waals surface area contributed by atoms with E-state index in [0.29, 0.717) is 26.2 Å². The normalized spacial score (nSPS) is 25.1. The number of benzene rings is 1. The standard InChI is InChI=1S/C18H26F2N4O4S/c1-13-10-24(11-14(2)28-13)29(26,27)23-7-5-22(6-8-23)12-18(25)21-17-9-15(19)3-4-16(17)20/h3-4,9,13-14H,5-8,10-12H2,1-2H3,(H,21,25). The molecule has 2 atom stereocenters. The highest BCUT2D eigenvalue weighted by atomic mass is 32.2. The summed E-state index contributed by atoms with van der Waals surface area (Å²) in [7, 11) is -3.59. The topological polar surface area (TPSA) is 82.2 Å². The van der Waals surface area contributed by atoms with Gasteiger partial charge in [-0.15, -0.1) is 0 Å². The van der Waals surface area contributed by atoms with Crippen LogP contribution < -0.4 is 5.32 Å². The summed E-state index contributed by atoms with van der Waals surface area (Å²) < 4.78 is 61.1. The molecule has 0 bridgehead atoms. The fourth-order valence-electron chi connectivity index (χ4n) is 3.59. The van der Waals surface area contributed by atoms with Crippen molar-refractivity contribution in [1.29, 1.82) is 0 Å². The smallest absolute Gasteiger partial charge is 0.282 e. The summed E-state index contributed by atoms with van der Waals surface area (Å²) in [6, 6.07) is 2.84. The molecular formula is C18H26F2N4O4S. The van der Waals surface area contributed by atoms with Crippen LogP contribution in [0, 0.1) is 11.6 Å². The number of ether oxygens (including phenoxy) is 1. The van der Waals surface area contributed by atoms with Crippen molar-refractivity contribution in [3.8, 4) is 0 Å². The second-order valence-corrected chi connectivity index (χ2v) is 9.36. The third kappa shape index (κ3) is 5.48. The molecule has 162 valence electrons. The molecule has 1 amide bonds. The average molecular weight is 432 g/mol. The van der Waals surface area contributed by atoms with Crippen LogP contribution in [0.15, 0.2) is 18.2 Å². The van der Waals surface area contributed by atoms with Gasteiger partial charge in [-0.2, -0.15) is 17.0 Å². The van der Waals surface area contributed by atoms with Crippen LogP contribution in [-0.4, -0.2) is 85.9 Å². The molecule has 0 aromatic heterocycles. The number of amides is 1. The fourth-order valence-corrected chi connectivity index (χ4v) is 5.33. The van der Waals surface area contributed by atoms with Crippen molar-refractivity contribution in [3.63, 3.8) is 0 Å². The van der Waals surface area contributed by atoms with Gasteiger partial charge in [0.2, 0.25) is 5.91 Å². The molecule has 29 heavy (non-hydrogen) atoms. The highest BCUT2D eigenvalue weighted by molar-refractivity contribution is 7.86. The second-order valence-electron chi connectivity index (χ2n) is 7.43. The van der Waals surface area contributed by atoms with E-state index in [9.17, 15) is 22.0 Å². The first-order valence-electron chi connectivity index (χ1n) is 9.53. The number of carbonyl (C=O) groups is 1. The molecule has 3 rings (SSSR count). The summed E-state index contributed by atoms with van der Waals surface area (Å²) in [6.45, 7) is 5.53. The summed E-state index contributed by atoms with van der Waals surface area (Å²) in [5, 5.41) is 2.35. The van der Waals surface area contributed by atoms with Gasteiger partial charge in [0.1, 0.15) is 11.6 Å². The molecule has 2 heterocycles. The monoisotopic (exact) mass is 432 g/mol. The number of nitrogens with one attached hydrogen (secondary N) is 1. The molecular weight excluding hydrogens is 406 g/mol. The van der Waals surface area contributed by atoms with Crippen molar-refractivity contribution in [2.75, 3.05) is 51.1 Å². The van der Waals surface area contributed by atoms with Gasteiger partial charge in [0.15, 0.2) is 0 Å². The molecule has 0 aliphatic carbocycles. The number of anilines is 1. The second kappa shape index (κ2) is 9.00. The highest BCUT2D eigenvalue weighted by Gasteiger charge is 2.36. The van der Waals surface area contributed by atoms with Gasteiger partial charge in [-0.1, -0.05) is 0 Å². The van der Waals surface area contributed by atoms with Crippen LogP contribution in [0.4, 0.5) is 14.5 Å². The number of rotatable bonds is 5. The minimum Gasteiger partial charge on any atom is -0.373 e. The van der Waals surface area contributed by atoms with Crippen molar-refractivity contribution in [2.24, 2.45) is 0 Å². The largest absolute Gasteiger partial charge is 0.373 e. The Morgan fingerprint density at radius 3 is 2.34 bits per heavy atom. The lowest BCUT2D eigenvalue weighted by Gasteiger charge is -2.40. The Morgan fingerprint density at radius 1 is 1.10 bits per heavy atom. The first-order chi connectivity index (χ1) is 13.6. The number of piperazine rings is 1. The summed E-state index contributed by atoms with van der Waals surface area (Å²) in [5.41, 5.74) is -0.216. The predicted octanol–water partition coefficient (Wildman–Crippen LogP) is 0.875. The van der Waals surface area contributed by atoms with E-state index in [4.69, 9.17) is 4.74 Å². The minimum atomic E-state index is -3.59. The van der Waals surface area contributed by atoms with Crippen molar-refractivity contribution in [1.82, 2.24) is 13.5 Å². The molecule has 2 unspecified atom stereocenters. The van der Waals surface area contributed by atoms with Gasteiger partial charge >= 0.3 is 0 Å². The molecule has 1 N–H and O–H groups in total. The van der Waals surface area contributed by atoms with E-state index < -0.39 is 27.8 Å². The lowest BCUT2D eigenvalue weighted by atomic mass is 10.3. The number of hydrogen-bond donors (Lipinski definition) is 1. The fraction of sp³-hybridized carbons (Fsp3) is 0.611. The number of hydrogen-bond acceptors (Lipinski definition) is 5. The molecule has 2 aliphatic rings. The molecule has 2 fully saturated rings. The zero-order chi connectivity index (χ0) is 21.2. The molecule has 2 aliphatic heterocycles. The maximum Gasteiger partial charge on any atom is 0.282 e. The molecule has 0 saturated carbocycles. The van der Waals surface area contributed by atoms with Gasteiger partial charge < -0.3 is 10.1 Å². The van der Waals surface area contributed by atoms with E-state index >= 15 is 0 Å². The van der Waals surface area contributed by atoms with Crippen molar-refractivity contribution < 1.29 is 26.7 Å². The number of nitrogens with zero attached hydrogens (tertiary/aromatic N) is 3. The van der Waals surface area contributed by atoms with Crippen molar-refractivity contribution >= 4 is 21.8 Å². The summed E-state index contributed by atoms with van der Waals surface area (Å²) in [6.07, 6.45) is -0.330. The first-order valence-corrected chi connectivity index (χ1v) is 10.9. The zero-order valence-corrected chi connectivity index (χ0v) is 17.3. The highest BCUT2D eigenvalue weighted by Crippen LogP contribution is 2.19. The van der Waals surface area contributed by atoms with Crippen LogP contribution >= 0.6 is 0 Å². The van der Waals surface area contributed by atoms with E-state index in [-0.39, 0.29) is 37.5 Å². The van der Waals surface area contributed by atoms with Gasteiger partial charge in [-0.3, -0.25) is 9.69 Å². The molecule has 1 aromatic carbocycles. The van der Waals surface area contributed by atoms with Gasteiger partial charge in [0.05, 0.1) is 24.4 Å². The van der Waals surface area contributed by atoms with Crippen LogP contribution in [-0.2, 0) is 19.7 Å². The first kappa shape index (κ1) is 22.0. The Bertz CT molecular complexity index is 836. The lowest BCUT2D eigenvalue weighted by Crippen LogP contribution is -2.57. The maximum absolute atomic E-state index is 13.6. The average Bonchev–Trinajstić information content (AvgIpc) is 2.64. The zero-order valence-electron chi connectivity index (χ0n) is 16.5. The Balaban J connectivity index is 1.52. The van der Waals surface area contributed by atoms with Crippen LogP contribution in [0.25, 0.3) is 0 Å². The summed E-state index contributed by atoms with van der Waals surface area (Å²) in [4.78, 5) is 13.9. The lowest BCUT2D eigenvalue weighted by molar-refractivity contribution is -0.117. The van der Waals surface area contributed by atoms with Crippen LogP contribution in [0.1, 0.15) is 13.8 Å². The molecule has 0 spiro atoms. The van der Waals surface area contributed by atoms with E-state index in [1.54, 1.807) is 4.90 Å². The Morgan fingerprint density at radius 2 is 1.72 bits per heavy atom. The van der Waals surface area contributed by atoms with Crippen LogP contribution in [0.3, 0.4) is 0 Å². The number of halogens is 2. The van der Waals surface area contributed by atoms with Gasteiger partial charge in [0.25, 0.3) is 10.2 Å². The summed E-state index contributed by atoms with van der Waals surface area (Å²) >= 11 is 0. The van der Waals surface area contributed by atoms with Crippen molar-refractivity contribution in [3.05, 3.63) is 29.8 Å². The van der Waals surface area contributed by atoms with E-state index in [2.05, 4.69) is 5.32 Å². The van der Waals surface area contributed by atoms with E-state index in [1.165, 1.54) is 8.61 Å². The predicted molar refractivity (Wildman–Crippen MR) is 104 cm³/mol. The Kier molecular flexibility index (Phi) is 6.84. The quantitative estimate of drug-likeness (QED) is 0.747. The minimum absolute atomic E-state index is 0.0323. The third-order valence-corrected chi connectivity index (χ3v) is 6.91. The summed E-state index contributed by atoms with van der Waals surface area (Å²) in [5.74, 6) is -1.85. The molecule has 8 nitrogen and oxygen atoms in total. The van der Waals surface area contributed by atoms with Crippen LogP contribution in [0.2, 0.25) is 0 Å². The van der Waals surface area contributed by atoms with E-state index in [0.717, 1.165) is 18.2 Å². The van der Waals surface area contributed by atoms with Gasteiger partial charge in [0, 0.05) is 45.3 Å². The Labute approximate surface area is 169 Å². The Hall–Kier alpha value is -1.66. The molecule has 0 radical (unpaired) electrons. The van der Waals surface area contributed by atoms with Gasteiger partial charge in [-0.05, 0) is 26.0 Å². The molecule has 11 heteroatoms. The molecule has 2 saturated heterocycles. The van der Waals surface area contributed by atoms with Crippen molar-refractivity contribution in [2.45, 2.75) is 26.1 Å². The SMILES string of the molecule is CC1CN(S(=O)(=O)N2CCN(CC(=O)Nc3cc(F)ccc3F)CC2)CC(C)O1. The van der Waals surface area contributed by atoms with Gasteiger partial charge in [-0.25, -0.2) is 8.78 Å². The maximum atomic E-state index is 13.6. The third-order valence-electron chi connectivity index (χ3n) is 4.94. The number of carbonyl (C=O) groups excluding carboxylic acids is 1. The van der Waals surface area contributed by atoms with Crippen LogP contribution in [0.5, 0.6) is 0 Å². The van der Waals surface area contributed by atoms with E-state index in [1.807, 2.05) is 13.8 Å².